The molecule has 0 amide bonds. The van der Waals surface area contributed by atoms with E-state index >= 15 is 0 Å². The molecule has 0 saturated heterocycles. The number of benzene rings is 1. The Morgan fingerprint density at radius 3 is 2.45 bits per heavy atom. The zero-order valence-electron chi connectivity index (χ0n) is 12.0. The van der Waals surface area contributed by atoms with Crippen LogP contribution < -0.4 is 14.2 Å². The number of methoxy groups -OCH3 is 2. The molecular weight excluding hydrogens is 328 g/mol. The number of ether oxygens (including phenoxy) is 2. The molecule has 0 aliphatic heterocycles. The quantitative estimate of drug-likeness (QED) is 0.814. The van der Waals surface area contributed by atoms with Crippen molar-refractivity contribution in [3.05, 3.63) is 47.2 Å². The van der Waals surface area contributed by atoms with E-state index in [2.05, 4.69) is 9.71 Å². The topological polar surface area (TPSA) is 77.5 Å². The molecule has 1 aromatic heterocycles. The van der Waals surface area contributed by atoms with E-state index in [1.54, 1.807) is 18.2 Å². The fourth-order valence-corrected chi connectivity index (χ4v) is 2.85. The molecule has 0 radical (unpaired) electrons. The maximum absolute atomic E-state index is 12.1. The minimum atomic E-state index is -3.65. The van der Waals surface area contributed by atoms with E-state index in [1.807, 2.05) is 0 Å². The Balaban J connectivity index is 2.13. The first-order chi connectivity index (χ1) is 10.5. The Hall–Kier alpha value is -1.83. The van der Waals surface area contributed by atoms with Crippen LogP contribution in [0.2, 0.25) is 5.15 Å². The second kappa shape index (κ2) is 6.95. The lowest BCUT2D eigenvalue weighted by molar-refractivity contribution is 0.354. The minimum Gasteiger partial charge on any atom is -0.493 e. The Morgan fingerprint density at radius 2 is 1.86 bits per heavy atom. The molecule has 0 spiro atoms. The van der Waals surface area contributed by atoms with Crippen molar-refractivity contribution in [1.29, 1.82) is 0 Å². The second-order valence-electron chi connectivity index (χ2n) is 4.33. The molecule has 8 heteroatoms. The molecular formula is C14H15ClN2O4S. The molecule has 2 aromatic rings. The third kappa shape index (κ3) is 3.88. The highest BCUT2D eigenvalue weighted by Crippen LogP contribution is 2.27. The minimum absolute atomic E-state index is 0.0531. The number of hydrogen-bond donors (Lipinski definition) is 1. The fraction of sp³-hybridized carbons (Fsp3) is 0.214. The molecule has 0 fully saturated rings. The standard InChI is InChI=1S/C14H15ClN2O4S/c1-20-12-5-3-10(7-13(12)21-2)8-17-22(18,19)11-4-6-14(15)16-9-11/h3-7,9,17H,8H2,1-2H3. The van der Waals surface area contributed by atoms with Gasteiger partial charge in [0.1, 0.15) is 10.0 Å². The van der Waals surface area contributed by atoms with Crippen LogP contribution in [0.25, 0.3) is 0 Å². The highest BCUT2D eigenvalue weighted by atomic mass is 35.5. The van der Waals surface area contributed by atoms with E-state index in [4.69, 9.17) is 21.1 Å². The summed E-state index contributed by atoms with van der Waals surface area (Å²) in [7, 11) is -0.599. The first kappa shape index (κ1) is 16.5. The molecule has 118 valence electrons. The van der Waals surface area contributed by atoms with Gasteiger partial charge in [-0.05, 0) is 29.8 Å². The molecule has 1 aromatic carbocycles. The first-order valence-electron chi connectivity index (χ1n) is 6.28. The van der Waals surface area contributed by atoms with Crippen molar-refractivity contribution in [2.45, 2.75) is 11.4 Å². The summed E-state index contributed by atoms with van der Waals surface area (Å²) < 4.78 is 37.1. The number of halogens is 1. The molecule has 1 heterocycles. The van der Waals surface area contributed by atoms with E-state index in [0.29, 0.717) is 11.5 Å². The van der Waals surface area contributed by atoms with Crippen LogP contribution >= 0.6 is 11.6 Å². The van der Waals surface area contributed by atoms with Crippen LogP contribution in [0.5, 0.6) is 11.5 Å². The van der Waals surface area contributed by atoms with Gasteiger partial charge in [-0.2, -0.15) is 0 Å². The highest BCUT2D eigenvalue weighted by molar-refractivity contribution is 7.89. The lowest BCUT2D eigenvalue weighted by Crippen LogP contribution is -2.23. The van der Waals surface area contributed by atoms with Crippen LogP contribution in [-0.4, -0.2) is 27.6 Å². The van der Waals surface area contributed by atoms with Gasteiger partial charge in [0.05, 0.1) is 14.2 Å². The smallest absolute Gasteiger partial charge is 0.242 e. The molecule has 6 nitrogen and oxygen atoms in total. The lowest BCUT2D eigenvalue weighted by atomic mass is 10.2. The van der Waals surface area contributed by atoms with Crippen LogP contribution in [0.1, 0.15) is 5.56 Å². The molecule has 0 unspecified atom stereocenters. The first-order valence-corrected chi connectivity index (χ1v) is 8.14. The number of pyridine rings is 1. The van der Waals surface area contributed by atoms with Crippen LogP contribution in [-0.2, 0) is 16.6 Å². The number of hydrogen-bond acceptors (Lipinski definition) is 5. The van der Waals surface area contributed by atoms with Crippen molar-refractivity contribution in [2.24, 2.45) is 0 Å². The number of nitrogens with one attached hydrogen (secondary N) is 1. The number of rotatable bonds is 6. The van der Waals surface area contributed by atoms with Crippen molar-refractivity contribution in [1.82, 2.24) is 9.71 Å². The monoisotopic (exact) mass is 342 g/mol. The molecule has 0 aliphatic rings. The van der Waals surface area contributed by atoms with Crippen molar-refractivity contribution < 1.29 is 17.9 Å². The van der Waals surface area contributed by atoms with E-state index in [1.165, 1.54) is 32.5 Å². The second-order valence-corrected chi connectivity index (χ2v) is 6.48. The van der Waals surface area contributed by atoms with Gasteiger partial charge in [-0.15, -0.1) is 0 Å². The molecule has 2 rings (SSSR count). The Bertz CT molecular complexity index is 748. The van der Waals surface area contributed by atoms with Crippen LogP contribution in [0.15, 0.2) is 41.4 Å². The lowest BCUT2D eigenvalue weighted by Gasteiger charge is -2.10. The normalized spacial score (nSPS) is 11.2. The van der Waals surface area contributed by atoms with E-state index in [9.17, 15) is 8.42 Å². The zero-order valence-corrected chi connectivity index (χ0v) is 13.6. The molecule has 0 saturated carbocycles. The van der Waals surface area contributed by atoms with Gasteiger partial charge in [0.2, 0.25) is 10.0 Å². The van der Waals surface area contributed by atoms with Gasteiger partial charge in [0.15, 0.2) is 11.5 Å². The highest BCUT2D eigenvalue weighted by Gasteiger charge is 2.14. The van der Waals surface area contributed by atoms with Gasteiger partial charge in [-0.25, -0.2) is 18.1 Å². The van der Waals surface area contributed by atoms with Gasteiger partial charge >= 0.3 is 0 Å². The van der Waals surface area contributed by atoms with E-state index in [0.717, 1.165) is 5.56 Å². The molecule has 0 atom stereocenters. The largest absolute Gasteiger partial charge is 0.493 e. The molecule has 22 heavy (non-hydrogen) atoms. The number of aromatic nitrogens is 1. The van der Waals surface area contributed by atoms with Gasteiger partial charge in [0, 0.05) is 12.7 Å². The molecule has 0 bridgehead atoms. The van der Waals surface area contributed by atoms with E-state index < -0.39 is 10.0 Å². The third-order valence-corrected chi connectivity index (χ3v) is 4.53. The van der Waals surface area contributed by atoms with Crippen LogP contribution in [0.3, 0.4) is 0 Å². The van der Waals surface area contributed by atoms with Gasteiger partial charge in [-0.3, -0.25) is 0 Å². The number of nitrogens with zero attached hydrogens (tertiary/aromatic N) is 1. The average Bonchev–Trinajstić information content (AvgIpc) is 2.53. The Kier molecular flexibility index (Phi) is 5.23. The van der Waals surface area contributed by atoms with Crippen molar-refractivity contribution in [3.8, 4) is 11.5 Å². The van der Waals surface area contributed by atoms with Crippen LogP contribution in [0.4, 0.5) is 0 Å². The summed E-state index contributed by atoms with van der Waals surface area (Å²) in [6.07, 6.45) is 1.21. The third-order valence-electron chi connectivity index (χ3n) is 2.92. The van der Waals surface area contributed by atoms with Crippen molar-refractivity contribution in [3.63, 3.8) is 0 Å². The summed E-state index contributed by atoms with van der Waals surface area (Å²) in [5, 5.41) is 0.235. The predicted octanol–water partition coefficient (Wildman–Crippen LogP) is 2.23. The molecule has 1 N–H and O–H groups in total. The van der Waals surface area contributed by atoms with Crippen molar-refractivity contribution in [2.75, 3.05) is 14.2 Å². The number of sulfonamides is 1. The Morgan fingerprint density at radius 1 is 1.14 bits per heavy atom. The Labute approximate surface area is 134 Å². The summed E-state index contributed by atoms with van der Waals surface area (Å²) in [5.74, 6) is 1.11. The zero-order chi connectivity index (χ0) is 16.2. The maximum atomic E-state index is 12.1. The average molecular weight is 343 g/mol. The maximum Gasteiger partial charge on any atom is 0.242 e. The summed E-state index contributed by atoms with van der Waals surface area (Å²) in [6, 6.07) is 8.00. The fourth-order valence-electron chi connectivity index (χ4n) is 1.77. The SMILES string of the molecule is COc1ccc(CNS(=O)(=O)c2ccc(Cl)nc2)cc1OC. The summed E-state index contributed by atoms with van der Waals surface area (Å²) in [4.78, 5) is 3.81. The van der Waals surface area contributed by atoms with E-state index in [-0.39, 0.29) is 16.6 Å². The summed E-state index contributed by atoms with van der Waals surface area (Å²) in [5.41, 5.74) is 0.739. The van der Waals surface area contributed by atoms with Gasteiger partial charge in [-0.1, -0.05) is 17.7 Å². The van der Waals surface area contributed by atoms with Crippen LogP contribution in [0, 0.1) is 0 Å². The van der Waals surface area contributed by atoms with Crippen molar-refractivity contribution >= 4 is 21.6 Å². The predicted molar refractivity (Wildman–Crippen MR) is 82.8 cm³/mol. The molecule has 0 aliphatic carbocycles. The summed E-state index contributed by atoms with van der Waals surface area (Å²) >= 11 is 5.64. The summed E-state index contributed by atoms with van der Waals surface area (Å²) in [6.45, 7) is 0.116. The van der Waals surface area contributed by atoms with Gasteiger partial charge in [0.25, 0.3) is 0 Å². The van der Waals surface area contributed by atoms with Gasteiger partial charge < -0.3 is 9.47 Å².